The zero-order valence-corrected chi connectivity index (χ0v) is 16.9. The molecule has 2 aliphatic heterocycles. The third kappa shape index (κ3) is 3.54. The Labute approximate surface area is 175 Å². The molecule has 2 heterocycles. The van der Waals surface area contributed by atoms with Gasteiger partial charge in [0.25, 0.3) is 11.7 Å². The van der Waals surface area contributed by atoms with Crippen molar-refractivity contribution in [2.24, 2.45) is 0 Å². The standard InChI is InChI=1S/C24H25NO5/c1-2-3-4-11-25-21(16-6-5-7-18(26)14-16)20(23(28)24(25)29)22(27)17-8-9-19-15(13-17)10-12-30-19/h5-9,13-14,21,26-27H,2-4,10-12H2,1H3/b22-20-. The van der Waals surface area contributed by atoms with Gasteiger partial charge in [0, 0.05) is 18.5 Å². The molecule has 2 aliphatic rings. The molecule has 2 aromatic rings. The first-order valence-corrected chi connectivity index (χ1v) is 10.3. The maximum absolute atomic E-state index is 13.0. The van der Waals surface area contributed by atoms with Crippen molar-refractivity contribution >= 4 is 17.4 Å². The SMILES string of the molecule is CCCCCN1C(=O)C(=O)/C(=C(\O)c2ccc3c(c2)CCO3)C1c1cccc(O)c1. The minimum Gasteiger partial charge on any atom is -0.508 e. The number of hydrogen-bond acceptors (Lipinski definition) is 5. The van der Waals surface area contributed by atoms with Crippen LogP contribution >= 0.6 is 0 Å². The number of nitrogens with zero attached hydrogens (tertiary/aromatic N) is 1. The smallest absolute Gasteiger partial charge is 0.295 e. The number of carbonyl (C=O) groups excluding carboxylic acids is 2. The van der Waals surface area contributed by atoms with E-state index in [4.69, 9.17) is 4.74 Å². The molecule has 1 atom stereocenters. The normalized spacial score (nSPS) is 19.8. The van der Waals surface area contributed by atoms with Gasteiger partial charge >= 0.3 is 0 Å². The number of aliphatic hydroxyl groups excluding tert-OH is 1. The largest absolute Gasteiger partial charge is 0.508 e. The lowest BCUT2D eigenvalue weighted by atomic mass is 9.94. The van der Waals surface area contributed by atoms with Crippen LogP contribution in [0.1, 0.15) is 48.9 Å². The van der Waals surface area contributed by atoms with Crippen LogP contribution in [-0.4, -0.2) is 40.0 Å². The molecule has 0 bridgehead atoms. The van der Waals surface area contributed by atoms with Gasteiger partial charge in [-0.05, 0) is 47.9 Å². The second kappa shape index (κ2) is 8.22. The number of Topliss-reactive ketones (excluding diaryl/α,β-unsaturated/α-hetero) is 1. The number of aromatic hydroxyl groups is 1. The summed E-state index contributed by atoms with van der Waals surface area (Å²) >= 11 is 0. The van der Waals surface area contributed by atoms with Gasteiger partial charge in [0.05, 0.1) is 18.2 Å². The summed E-state index contributed by atoms with van der Waals surface area (Å²) in [7, 11) is 0. The van der Waals surface area contributed by atoms with Gasteiger partial charge < -0.3 is 19.8 Å². The molecule has 0 aromatic heterocycles. The van der Waals surface area contributed by atoms with Crippen LogP contribution < -0.4 is 4.74 Å². The number of ether oxygens (including phenoxy) is 1. The zero-order valence-electron chi connectivity index (χ0n) is 16.9. The number of phenols is 1. The third-order valence-corrected chi connectivity index (χ3v) is 5.69. The van der Waals surface area contributed by atoms with Crippen molar-refractivity contribution in [1.29, 1.82) is 0 Å². The number of hydrogen-bond donors (Lipinski definition) is 2. The molecule has 0 radical (unpaired) electrons. The average molecular weight is 407 g/mol. The number of benzene rings is 2. The number of aliphatic hydroxyl groups is 1. The molecule has 6 heteroatoms. The van der Waals surface area contributed by atoms with Crippen LogP contribution in [-0.2, 0) is 16.0 Å². The van der Waals surface area contributed by atoms with E-state index < -0.39 is 17.7 Å². The molecule has 2 aromatic carbocycles. The highest BCUT2D eigenvalue weighted by Crippen LogP contribution is 2.41. The Hall–Kier alpha value is -3.28. The fourth-order valence-corrected chi connectivity index (χ4v) is 4.17. The summed E-state index contributed by atoms with van der Waals surface area (Å²) in [5, 5.41) is 21.1. The minimum atomic E-state index is -0.738. The maximum Gasteiger partial charge on any atom is 0.295 e. The van der Waals surface area contributed by atoms with Crippen LogP contribution in [0.2, 0.25) is 0 Å². The van der Waals surface area contributed by atoms with Crippen molar-refractivity contribution in [2.45, 2.75) is 38.6 Å². The topological polar surface area (TPSA) is 87.1 Å². The Morgan fingerprint density at radius 3 is 2.77 bits per heavy atom. The van der Waals surface area contributed by atoms with E-state index in [1.807, 2.05) is 6.07 Å². The summed E-state index contributed by atoms with van der Waals surface area (Å²) in [6, 6.07) is 11.0. The fraction of sp³-hybridized carbons (Fsp3) is 0.333. The molecule has 1 fully saturated rings. The fourth-order valence-electron chi connectivity index (χ4n) is 4.17. The van der Waals surface area contributed by atoms with Gasteiger partial charge in [-0.25, -0.2) is 0 Å². The highest BCUT2D eigenvalue weighted by Gasteiger charge is 2.45. The maximum atomic E-state index is 13.0. The van der Waals surface area contributed by atoms with Crippen LogP contribution in [0.15, 0.2) is 48.0 Å². The first kappa shape index (κ1) is 20.0. The summed E-state index contributed by atoms with van der Waals surface area (Å²) in [6.45, 7) is 3.07. The Morgan fingerprint density at radius 2 is 2.00 bits per heavy atom. The summed E-state index contributed by atoms with van der Waals surface area (Å²) in [5.41, 5.74) is 2.10. The molecule has 1 unspecified atom stereocenters. The number of fused-ring (bicyclic) bond motifs is 1. The number of rotatable bonds is 6. The molecule has 0 saturated carbocycles. The molecule has 30 heavy (non-hydrogen) atoms. The summed E-state index contributed by atoms with van der Waals surface area (Å²) < 4.78 is 5.52. The van der Waals surface area contributed by atoms with Crippen molar-refractivity contribution in [2.75, 3.05) is 13.2 Å². The second-order valence-corrected chi connectivity index (χ2v) is 7.72. The molecule has 0 spiro atoms. The number of likely N-dealkylation sites (tertiary alicyclic amines) is 1. The van der Waals surface area contributed by atoms with Gasteiger partial charge in [-0.15, -0.1) is 0 Å². The van der Waals surface area contributed by atoms with Crippen molar-refractivity contribution < 1.29 is 24.5 Å². The highest BCUT2D eigenvalue weighted by atomic mass is 16.5. The molecule has 1 saturated heterocycles. The first-order valence-electron chi connectivity index (χ1n) is 10.3. The minimum absolute atomic E-state index is 0.0429. The Kier molecular flexibility index (Phi) is 5.48. The van der Waals surface area contributed by atoms with E-state index in [0.29, 0.717) is 24.3 Å². The molecule has 2 N–H and O–H groups in total. The van der Waals surface area contributed by atoms with Crippen LogP contribution in [0.25, 0.3) is 5.76 Å². The van der Waals surface area contributed by atoms with Crippen LogP contribution in [0, 0.1) is 0 Å². The van der Waals surface area contributed by atoms with Gasteiger partial charge in [0.1, 0.15) is 17.3 Å². The van der Waals surface area contributed by atoms with Gasteiger partial charge in [-0.3, -0.25) is 9.59 Å². The number of unbranched alkanes of at least 4 members (excludes halogenated alkanes) is 2. The first-order chi connectivity index (χ1) is 14.5. The van der Waals surface area contributed by atoms with E-state index in [0.717, 1.165) is 37.0 Å². The lowest BCUT2D eigenvalue weighted by molar-refractivity contribution is -0.139. The monoisotopic (exact) mass is 407 g/mol. The van der Waals surface area contributed by atoms with Crippen molar-refractivity contribution in [3.8, 4) is 11.5 Å². The predicted octanol–water partition coefficient (Wildman–Crippen LogP) is 3.94. The lowest BCUT2D eigenvalue weighted by Crippen LogP contribution is -2.30. The Bertz CT molecular complexity index is 1030. The average Bonchev–Trinajstić information content (AvgIpc) is 3.31. The molecule has 0 aliphatic carbocycles. The Morgan fingerprint density at radius 1 is 1.17 bits per heavy atom. The van der Waals surface area contributed by atoms with Crippen LogP contribution in [0.3, 0.4) is 0 Å². The number of carbonyl (C=O) groups is 2. The van der Waals surface area contributed by atoms with Crippen molar-refractivity contribution in [3.05, 3.63) is 64.7 Å². The van der Waals surface area contributed by atoms with Crippen molar-refractivity contribution in [3.63, 3.8) is 0 Å². The summed E-state index contributed by atoms with van der Waals surface area (Å²) in [5.74, 6) is -0.702. The summed E-state index contributed by atoms with van der Waals surface area (Å²) in [6.07, 6.45) is 3.41. The van der Waals surface area contributed by atoms with E-state index in [9.17, 15) is 19.8 Å². The lowest BCUT2D eigenvalue weighted by Gasteiger charge is -2.25. The van der Waals surface area contributed by atoms with Crippen molar-refractivity contribution in [1.82, 2.24) is 4.90 Å². The number of ketones is 1. The van der Waals surface area contributed by atoms with Gasteiger partial charge in [-0.2, -0.15) is 0 Å². The molecular weight excluding hydrogens is 382 g/mol. The second-order valence-electron chi connectivity index (χ2n) is 7.72. The number of amides is 1. The van der Waals surface area contributed by atoms with E-state index in [1.54, 1.807) is 24.3 Å². The highest BCUT2D eigenvalue weighted by molar-refractivity contribution is 6.46. The van der Waals surface area contributed by atoms with E-state index in [1.165, 1.54) is 17.0 Å². The molecule has 1 amide bonds. The zero-order chi connectivity index (χ0) is 21.3. The molecular formula is C24H25NO5. The van der Waals surface area contributed by atoms with Crippen LogP contribution in [0.4, 0.5) is 0 Å². The van der Waals surface area contributed by atoms with E-state index in [2.05, 4.69) is 6.92 Å². The third-order valence-electron chi connectivity index (χ3n) is 5.69. The van der Waals surface area contributed by atoms with Crippen LogP contribution in [0.5, 0.6) is 11.5 Å². The molecule has 156 valence electrons. The van der Waals surface area contributed by atoms with Gasteiger partial charge in [-0.1, -0.05) is 31.9 Å². The van der Waals surface area contributed by atoms with E-state index in [-0.39, 0.29) is 17.1 Å². The quantitative estimate of drug-likeness (QED) is 0.328. The number of phenolic OH excluding ortho intramolecular Hbond substituents is 1. The summed E-state index contributed by atoms with van der Waals surface area (Å²) in [4.78, 5) is 27.3. The Balaban J connectivity index is 1.81. The molecule has 4 rings (SSSR count). The molecule has 6 nitrogen and oxygen atoms in total. The van der Waals surface area contributed by atoms with Gasteiger partial charge in [0.15, 0.2) is 0 Å². The van der Waals surface area contributed by atoms with E-state index >= 15 is 0 Å². The van der Waals surface area contributed by atoms with Gasteiger partial charge in [0.2, 0.25) is 0 Å². The predicted molar refractivity (Wildman–Crippen MR) is 112 cm³/mol.